The lowest BCUT2D eigenvalue weighted by Gasteiger charge is -2.09. The first-order valence-corrected chi connectivity index (χ1v) is 8.85. The minimum atomic E-state index is -3.22. The van der Waals surface area contributed by atoms with Crippen LogP contribution in [-0.2, 0) is 23.0 Å². The van der Waals surface area contributed by atoms with E-state index in [0.717, 1.165) is 37.2 Å². The number of aromatic nitrogens is 1. The Bertz CT molecular complexity index is 489. The number of nitrogens with zero attached hydrogens (tertiary/aromatic N) is 1. The van der Waals surface area contributed by atoms with Crippen molar-refractivity contribution in [1.82, 2.24) is 15.0 Å². The number of hydrogen-bond donors (Lipinski definition) is 2. The molecule has 0 atom stereocenters. The normalized spacial score (nSPS) is 11.7. The van der Waals surface area contributed by atoms with E-state index in [1.54, 1.807) is 6.20 Å². The van der Waals surface area contributed by atoms with E-state index in [1.165, 1.54) is 0 Å². The van der Waals surface area contributed by atoms with Gasteiger partial charge in [0.25, 0.3) is 0 Å². The minimum absolute atomic E-state index is 0.151. The third kappa shape index (κ3) is 6.45. The first kappa shape index (κ1) is 17.1. The molecule has 0 aliphatic carbocycles. The van der Waals surface area contributed by atoms with Crippen LogP contribution in [0.3, 0.4) is 0 Å². The second kappa shape index (κ2) is 9.05. The lowest BCUT2D eigenvalue weighted by Crippen LogP contribution is -2.28. The van der Waals surface area contributed by atoms with Gasteiger partial charge in [-0.1, -0.05) is 19.9 Å². The fourth-order valence-corrected chi connectivity index (χ4v) is 2.92. The van der Waals surface area contributed by atoms with Crippen LogP contribution in [0, 0.1) is 0 Å². The van der Waals surface area contributed by atoms with E-state index in [1.807, 2.05) is 19.1 Å². The van der Waals surface area contributed by atoms with Crippen LogP contribution in [0.1, 0.15) is 37.9 Å². The molecule has 6 heteroatoms. The zero-order chi connectivity index (χ0) is 14.8. The molecule has 1 heterocycles. The summed E-state index contributed by atoms with van der Waals surface area (Å²) in [5.74, 6) is 0.151. The van der Waals surface area contributed by atoms with Gasteiger partial charge >= 0.3 is 0 Å². The summed E-state index contributed by atoms with van der Waals surface area (Å²) in [5.41, 5.74) is 1.89. The maximum absolute atomic E-state index is 11.9. The topological polar surface area (TPSA) is 71.1 Å². The van der Waals surface area contributed by atoms with Crippen LogP contribution in [0.5, 0.6) is 0 Å². The van der Waals surface area contributed by atoms with Gasteiger partial charge in [0.05, 0.1) is 18.0 Å². The van der Waals surface area contributed by atoms with Gasteiger partial charge in [-0.2, -0.15) is 0 Å². The summed E-state index contributed by atoms with van der Waals surface area (Å²) in [4.78, 5) is 4.23. The maximum atomic E-state index is 11.9. The predicted molar refractivity (Wildman–Crippen MR) is 82.0 cm³/mol. The van der Waals surface area contributed by atoms with Crippen LogP contribution in [0.2, 0.25) is 0 Å². The molecule has 0 amide bonds. The van der Waals surface area contributed by atoms with Crippen molar-refractivity contribution in [2.45, 2.75) is 39.7 Å². The molecule has 20 heavy (non-hydrogen) atoms. The summed E-state index contributed by atoms with van der Waals surface area (Å²) in [6.07, 6.45) is 4.23. The highest BCUT2D eigenvalue weighted by molar-refractivity contribution is 7.89. The van der Waals surface area contributed by atoms with Gasteiger partial charge in [-0.3, -0.25) is 4.98 Å². The molecule has 0 spiro atoms. The fourth-order valence-electron chi connectivity index (χ4n) is 1.89. The summed E-state index contributed by atoms with van der Waals surface area (Å²) < 4.78 is 26.4. The zero-order valence-electron chi connectivity index (χ0n) is 12.4. The molecule has 0 aromatic carbocycles. The molecular formula is C14H25N3O2S. The number of nitrogens with one attached hydrogen (secondary N) is 2. The molecule has 1 rings (SSSR count). The smallest absolute Gasteiger partial charge is 0.211 e. The van der Waals surface area contributed by atoms with Gasteiger partial charge in [0, 0.05) is 6.20 Å². The summed E-state index contributed by atoms with van der Waals surface area (Å²) >= 11 is 0. The van der Waals surface area contributed by atoms with E-state index in [2.05, 4.69) is 21.9 Å². The Morgan fingerprint density at radius 3 is 2.75 bits per heavy atom. The number of hydrogen-bond acceptors (Lipinski definition) is 4. The number of rotatable bonds is 10. The van der Waals surface area contributed by atoms with Gasteiger partial charge in [-0.05, 0) is 44.0 Å². The number of sulfonamides is 1. The van der Waals surface area contributed by atoms with Crippen LogP contribution >= 0.6 is 0 Å². The van der Waals surface area contributed by atoms with Crippen LogP contribution in [0.4, 0.5) is 0 Å². The van der Waals surface area contributed by atoms with Gasteiger partial charge in [-0.25, -0.2) is 13.1 Å². The van der Waals surface area contributed by atoms with Crippen molar-refractivity contribution in [2.24, 2.45) is 0 Å². The predicted octanol–water partition coefficient (Wildman–Crippen LogP) is 1.45. The molecule has 0 saturated carbocycles. The van der Waals surface area contributed by atoms with E-state index in [0.29, 0.717) is 6.42 Å². The fraction of sp³-hybridized carbons (Fsp3) is 0.643. The van der Waals surface area contributed by atoms with Crippen molar-refractivity contribution in [3.63, 3.8) is 0 Å². The highest BCUT2D eigenvalue weighted by atomic mass is 32.2. The highest BCUT2D eigenvalue weighted by Crippen LogP contribution is 2.06. The minimum Gasteiger partial charge on any atom is -0.317 e. The lowest BCUT2D eigenvalue weighted by molar-refractivity contribution is 0.573. The summed E-state index contributed by atoms with van der Waals surface area (Å²) in [5, 5.41) is 3.20. The molecule has 0 saturated heterocycles. The van der Waals surface area contributed by atoms with E-state index in [9.17, 15) is 8.42 Å². The molecular weight excluding hydrogens is 274 g/mol. The van der Waals surface area contributed by atoms with E-state index < -0.39 is 10.0 Å². The average molecular weight is 299 g/mol. The molecule has 0 bridgehead atoms. The summed E-state index contributed by atoms with van der Waals surface area (Å²) in [6.45, 7) is 6.06. The lowest BCUT2D eigenvalue weighted by atomic mass is 10.1. The van der Waals surface area contributed by atoms with Gasteiger partial charge in [0.1, 0.15) is 0 Å². The molecule has 0 aliphatic rings. The third-order valence-corrected chi connectivity index (χ3v) is 4.43. The zero-order valence-corrected chi connectivity index (χ0v) is 13.2. The van der Waals surface area contributed by atoms with Gasteiger partial charge in [-0.15, -0.1) is 0 Å². The second-order valence-electron chi connectivity index (χ2n) is 4.71. The number of aryl methyl sites for hydroxylation is 1. The van der Waals surface area contributed by atoms with Crippen molar-refractivity contribution >= 4 is 10.0 Å². The Hall–Kier alpha value is -0.980. The Labute approximate surface area is 122 Å². The van der Waals surface area contributed by atoms with Gasteiger partial charge in [0.15, 0.2) is 0 Å². The molecule has 114 valence electrons. The second-order valence-corrected chi connectivity index (χ2v) is 6.63. The van der Waals surface area contributed by atoms with Crippen molar-refractivity contribution in [3.8, 4) is 0 Å². The molecule has 1 aromatic heterocycles. The maximum Gasteiger partial charge on any atom is 0.211 e. The van der Waals surface area contributed by atoms with Crippen LogP contribution < -0.4 is 10.0 Å². The number of pyridine rings is 1. The Balaban J connectivity index is 2.39. The van der Waals surface area contributed by atoms with E-state index in [-0.39, 0.29) is 12.3 Å². The van der Waals surface area contributed by atoms with Crippen LogP contribution in [0.15, 0.2) is 18.3 Å². The van der Waals surface area contributed by atoms with Crippen LogP contribution in [-0.4, -0.2) is 32.2 Å². The van der Waals surface area contributed by atoms with Gasteiger partial charge in [0.2, 0.25) is 10.0 Å². The standard InChI is InChI=1S/C14H25N3O2S/c1-3-8-15-9-6-11-20(18,19)17-12-14-13(4-2)7-5-10-16-14/h5,7,10,15,17H,3-4,6,8-9,11-12H2,1-2H3. The first-order chi connectivity index (χ1) is 9.59. The Morgan fingerprint density at radius 1 is 1.25 bits per heavy atom. The van der Waals surface area contributed by atoms with Crippen molar-refractivity contribution in [1.29, 1.82) is 0 Å². The first-order valence-electron chi connectivity index (χ1n) is 7.20. The van der Waals surface area contributed by atoms with E-state index in [4.69, 9.17) is 0 Å². The summed E-state index contributed by atoms with van der Waals surface area (Å²) in [7, 11) is -3.22. The quantitative estimate of drug-likeness (QED) is 0.642. The Morgan fingerprint density at radius 2 is 2.05 bits per heavy atom. The molecule has 2 N–H and O–H groups in total. The van der Waals surface area contributed by atoms with Crippen LogP contribution in [0.25, 0.3) is 0 Å². The molecule has 0 unspecified atom stereocenters. The monoisotopic (exact) mass is 299 g/mol. The molecule has 0 aliphatic heterocycles. The molecule has 1 aromatic rings. The molecule has 0 radical (unpaired) electrons. The average Bonchev–Trinajstić information content (AvgIpc) is 2.45. The Kier molecular flexibility index (Phi) is 7.72. The third-order valence-electron chi connectivity index (χ3n) is 3.02. The van der Waals surface area contributed by atoms with Crippen molar-refractivity contribution in [3.05, 3.63) is 29.6 Å². The highest BCUT2D eigenvalue weighted by Gasteiger charge is 2.11. The summed E-state index contributed by atoms with van der Waals surface area (Å²) in [6, 6.07) is 3.85. The van der Waals surface area contributed by atoms with Crippen molar-refractivity contribution < 1.29 is 8.42 Å². The molecule has 0 fully saturated rings. The van der Waals surface area contributed by atoms with Crippen molar-refractivity contribution in [2.75, 3.05) is 18.8 Å². The SMILES string of the molecule is CCCNCCCS(=O)(=O)NCc1ncccc1CC. The largest absolute Gasteiger partial charge is 0.317 e. The molecule has 5 nitrogen and oxygen atoms in total. The van der Waals surface area contributed by atoms with Gasteiger partial charge < -0.3 is 5.32 Å². The van der Waals surface area contributed by atoms with E-state index >= 15 is 0 Å².